The lowest BCUT2D eigenvalue weighted by Gasteiger charge is -2.29. The van der Waals surface area contributed by atoms with Gasteiger partial charge in [-0.25, -0.2) is 0 Å². The lowest BCUT2D eigenvalue weighted by Crippen LogP contribution is -2.32. The molecular formula is C13H18Cl2O2. The standard InChI is InChI=1S/C13H18Cl2O2/c1-2-5-13(8-16,9-17)7-10-3-4-11(14)12(15)6-10/h3-4,6,16-17H,2,5,7-9H2,1H3. The second-order valence-corrected chi connectivity index (χ2v) is 5.31. The summed E-state index contributed by atoms with van der Waals surface area (Å²) in [5.41, 5.74) is 0.516. The molecule has 0 atom stereocenters. The molecule has 1 aromatic rings. The van der Waals surface area contributed by atoms with Gasteiger partial charge in [-0.3, -0.25) is 0 Å². The molecule has 0 unspecified atom stereocenters. The molecular weight excluding hydrogens is 259 g/mol. The Labute approximate surface area is 112 Å². The zero-order valence-corrected chi connectivity index (χ0v) is 11.4. The molecule has 17 heavy (non-hydrogen) atoms. The second-order valence-electron chi connectivity index (χ2n) is 4.49. The fourth-order valence-corrected chi connectivity index (χ4v) is 2.34. The fraction of sp³-hybridized carbons (Fsp3) is 0.538. The molecule has 4 heteroatoms. The van der Waals surface area contributed by atoms with Gasteiger partial charge in [-0.05, 0) is 30.5 Å². The van der Waals surface area contributed by atoms with Crippen LogP contribution in [0.5, 0.6) is 0 Å². The van der Waals surface area contributed by atoms with E-state index in [0.29, 0.717) is 16.5 Å². The van der Waals surface area contributed by atoms with Crippen LogP contribution in [-0.2, 0) is 6.42 Å². The Morgan fingerprint density at radius 2 is 1.76 bits per heavy atom. The van der Waals surface area contributed by atoms with Gasteiger partial charge in [0.2, 0.25) is 0 Å². The molecule has 2 N–H and O–H groups in total. The first-order valence-electron chi connectivity index (χ1n) is 5.72. The van der Waals surface area contributed by atoms with Crippen molar-refractivity contribution in [2.45, 2.75) is 26.2 Å². The summed E-state index contributed by atoms with van der Waals surface area (Å²) in [6.07, 6.45) is 2.30. The minimum atomic E-state index is -0.466. The summed E-state index contributed by atoms with van der Waals surface area (Å²) in [7, 11) is 0. The maximum Gasteiger partial charge on any atom is 0.0595 e. The molecule has 0 aliphatic rings. The van der Waals surface area contributed by atoms with Crippen molar-refractivity contribution in [1.82, 2.24) is 0 Å². The number of halogens is 2. The molecule has 1 aromatic carbocycles. The van der Waals surface area contributed by atoms with Crippen LogP contribution < -0.4 is 0 Å². The van der Waals surface area contributed by atoms with Crippen molar-refractivity contribution in [3.05, 3.63) is 33.8 Å². The van der Waals surface area contributed by atoms with Gasteiger partial charge in [0, 0.05) is 5.41 Å². The number of hydrogen-bond acceptors (Lipinski definition) is 2. The minimum Gasteiger partial charge on any atom is -0.396 e. The summed E-state index contributed by atoms with van der Waals surface area (Å²) in [6.45, 7) is 1.98. The molecule has 0 saturated heterocycles. The summed E-state index contributed by atoms with van der Waals surface area (Å²) < 4.78 is 0. The van der Waals surface area contributed by atoms with Crippen LogP contribution >= 0.6 is 23.2 Å². The van der Waals surface area contributed by atoms with E-state index in [1.165, 1.54) is 0 Å². The van der Waals surface area contributed by atoms with Crippen LogP contribution in [0, 0.1) is 5.41 Å². The molecule has 0 aliphatic heterocycles. The lowest BCUT2D eigenvalue weighted by atomic mass is 9.79. The zero-order valence-electron chi connectivity index (χ0n) is 9.92. The minimum absolute atomic E-state index is 0.0302. The highest BCUT2D eigenvalue weighted by molar-refractivity contribution is 6.42. The van der Waals surface area contributed by atoms with Crippen LogP contribution in [-0.4, -0.2) is 23.4 Å². The van der Waals surface area contributed by atoms with Crippen molar-refractivity contribution in [3.8, 4) is 0 Å². The van der Waals surface area contributed by atoms with E-state index < -0.39 is 5.41 Å². The van der Waals surface area contributed by atoms with Crippen LogP contribution in [0.2, 0.25) is 10.0 Å². The van der Waals surface area contributed by atoms with Gasteiger partial charge in [-0.15, -0.1) is 0 Å². The summed E-state index contributed by atoms with van der Waals surface area (Å²) in [5.74, 6) is 0. The smallest absolute Gasteiger partial charge is 0.0595 e. The average molecular weight is 277 g/mol. The predicted molar refractivity (Wildman–Crippen MR) is 71.7 cm³/mol. The van der Waals surface area contributed by atoms with Gasteiger partial charge in [0.05, 0.1) is 23.3 Å². The van der Waals surface area contributed by atoms with Gasteiger partial charge in [0.15, 0.2) is 0 Å². The molecule has 0 bridgehead atoms. The van der Waals surface area contributed by atoms with Crippen LogP contribution in [0.1, 0.15) is 25.3 Å². The number of aliphatic hydroxyl groups is 2. The summed E-state index contributed by atoms with van der Waals surface area (Å²) in [4.78, 5) is 0. The highest BCUT2D eigenvalue weighted by atomic mass is 35.5. The third-order valence-electron chi connectivity index (χ3n) is 3.01. The maximum atomic E-state index is 9.47. The fourth-order valence-electron chi connectivity index (χ4n) is 2.02. The third-order valence-corrected chi connectivity index (χ3v) is 3.75. The quantitative estimate of drug-likeness (QED) is 0.837. The normalized spacial score (nSPS) is 11.8. The van der Waals surface area contributed by atoms with Gasteiger partial charge in [-0.2, -0.15) is 0 Å². The molecule has 1 rings (SSSR count). The second kappa shape index (κ2) is 6.60. The van der Waals surface area contributed by atoms with E-state index in [1.807, 2.05) is 13.0 Å². The lowest BCUT2D eigenvalue weighted by molar-refractivity contribution is 0.0466. The topological polar surface area (TPSA) is 40.5 Å². The molecule has 0 aliphatic carbocycles. The monoisotopic (exact) mass is 276 g/mol. The van der Waals surface area contributed by atoms with Gasteiger partial charge in [-0.1, -0.05) is 42.6 Å². The number of aliphatic hydroxyl groups excluding tert-OH is 2. The molecule has 0 heterocycles. The molecule has 0 saturated carbocycles. The first-order chi connectivity index (χ1) is 8.06. The Kier molecular flexibility index (Phi) is 5.74. The predicted octanol–water partition coefficient (Wildman–Crippen LogP) is 3.31. The highest BCUT2D eigenvalue weighted by Crippen LogP contribution is 2.30. The summed E-state index contributed by atoms with van der Waals surface area (Å²) in [6, 6.07) is 5.41. The average Bonchev–Trinajstić information content (AvgIpc) is 2.33. The summed E-state index contributed by atoms with van der Waals surface area (Å²) in [5, 5.41) is 20.0. The van der Waals surface area contributed by atoms with E-state index in [2.05, 4.69) is 0 Å². The van der Waals surface area contributed by atoms with E-state index in [0.717, 1.165) is 18.4 Å². The molecule has 0 aromatic heterocycles. The molecule has 2 nitrogen and oxygen atoms in total. The van der Waals surface area contributed by atoms with Gasteiger partial charge >= 0.3 is 0 Å². The molecule has 0 spiro atoms. The Hall–Kier alpha value is -0.280. The van der Waals surface area contributed by atoms with Crippen molar-refractivity contribution in [2.24, 2.45) is 5.41 Å². The van der Waals surface area contributed by atoms with E-state index >= 15 is 0 Å². The van der Waals surface area contributed by atoms with Crippen molar-refractivity contribution >= 4 is 23.2 Å². The van der Waals surface area contributed by atoms with Gasteiger partial charge in [0.25, 0.3) is 0 Å². The van der Waals surface area contributed by atoms with Gasteiger partial charge < -0.3 is 10.2 Å². The van der Waals surface area contributed by atoms with Crippen molar-refractivity contribution in [1.29, 1.82) is 0 Å². The van der Waals surface area contributed by atoms with E-state index in [4.69, 9.17) is 23.2 Å². The number of benzene rings is 1. The van der Waals surface area contributed by atoms with Crippen molar-refractivity contribution < 1.29 is 10.2 Å². The molecule has 96 valence electrons. The maximum absolute atomic E-state index is 9.47. The number of rotatable bonds is 6. The van der Waals surface area contributed by atoms with Crippen molar-refractivity contribution in [3.63, 3.8) is 0 Å². The first-order valence-corrected chi connectivity index (χ1v) is 6.48. The Morgan fingerprint density at radius 1 is 1.12 bits per heavy atom. The molecule has 0 radical (unpaired) electrons. The summed E-state index contributed by atoms with van der Waals surface area (Å²) >= 11 is 11.8. The van der Waals surface area contributed by atoms with Crippen LogP contribution in [0.3, 0.4) is 0 Å². The molecule has 0 fully saturated rings. The third kappa shape index (κ3) is 3.85. The molecule has 0 amide bonds. The van der Waals surface area contributed by atoms with Crippen molar-refractivity contribution in [2.75, 3.05) is 13.2 Å². The SMILES string of the molecule is CCCC(CO)(CO)Cc1ccc(Cl)c(Cl)c1. The largest absolute Gasteiger partial charge is 0.396 e. The zero-order chi connectivity index (χ0) is 12.9. The Morgan fingerprint density at radius 3 is 2.24 bits per heavy atom. The van der Waals surface area contributed by atoms with Crippen LogP contribution in [0.15, 0.2) is 18.2 Å². The van der Waals surface area contributed by atoms with Crippen LogP contribution in [0.25, 0.3) is 0 Å². The highest BCUT2D eigenvalue weighted by Gasteiger charge is 2.28. The number of hydrogen-bond donors (Lipinski definition) is 2. The Balaban J connectivity index is 2.89. The first kappa shape index (κ1) is 14.8. The van der Waals surface area contributed by atoms with Crippen LogP contribution in [0.4, 0.5) is 0 Å². The van der Waals surface area contributed by atoms with Gasteiger partial charge in [0.1, 0.15) is 0 Å². The Bertz CT molecular complexity index is 362. The van der Waals surface area contributed by atoms with E-state index in [9.17, 15) is 10.2 Å². The van der Waals surface area contributed by atoms with E-state index in [-0.39, 0.29) is 13.2 Å². The van der Waals surface area contributed by atoms with E-state index in [1.54, 1.807) is 12.1 Å².